The van der Waals surface area contributed by atoms with E-state index in [1.807, 2.05) is 0 Å². The lowest BCUT2D eigenvalue weighted by atomic mass is 10.1. The smallest absolute Gasteiger partial charge is 0.339 e. The summed E-state index contributed by atoms with van der Waals surface area (Å²) in [6.07, 6.45) is 1.32. The molecule has 1 aromatic carbocycles. The van der Waals surface area contributed by atoms with Gasteiger partial charge in [0.2, 0.25) is 0 Å². The number of aliphatic carboxylic acids is 1. The molecule has 2 N–H and O–H groups in total. The van der Waals surface area contributed by atoms with Crippen molar-refractivity contribution >= 4 is 23.9 Å². The standard InChI is InChI=1S/C14H12O8/c15-11(16)5-6-12(17)21-7-8-22-14(20)10-4-2-1-3-9(10)13(18)19/h1-6H,7-8H2,(H,15,16)(H,18,19). The van der Waals surface area contributed by atoms with Gasteiger partial charge in [-0.15, -0.1) is 0 Å². The summed E-state index contributed by atoms with van der Waals surface area (Å²) in [5.41, 5.74) is -0.319. The van der Waals surface area contributed by atoms with Gasteiger partial charge in [0, 0.05) is 12.2 Å². The van der Waals surface area contributed by atoms with Crippen molar-refractivity contribution in [2.45, 2.75) is 0 Å². The third-order valence-corrected chi connectivity index (χ3v) is 2.30. The van der Waals surface area contributed by atoms with Crippen LogP contribution in [-0.2, 0) is 19.1 Å². The van der Waals surface area contributed by atoms with Crippen molar-refractivity contribution in [3.05, 3.63) is 47.5 Å². The van der Waals surface area contributed by atoms with E-state index < -0.39 is 23.9 Å². The summed E-state index contributed by atoms with van der Waals surface area (Å²) in [7, 11) is 0. The fourth-order valence-electron chi connectivity index (χ4n) is 1.39. The molecule has 0 bridgehead atoms. The first-order valence-electron chi connectivity index (χ1n) is 5.99. The molecule has 0 aliphatic carbocycles. The van der Waals surface area contributed by atoms with Crippen molar-refractivity contribution in [3.63, 3.8) is 0 Å². The molecule has 0 aliphatic heterocycles. The number of aromatic carboxylic acids is 1. The first-order chi connectivity index (χ1) is 10.4. The zero-order chi connectivity index (χ0) is 16.5. The second-order valence-electron chi connectivity index (χ2n) is 3.83. The summed E-state index contributed by atoms with van der Waals surface area (Å²) in [5, 5.41) is 17.2. The van der Waals surface area contributed by atoms with Gasteiger partial charge in [-0.05, 0) is 12.1 Å². The lowest BCUT2D eigenvalue weighted by molar-refractivity contribution is -0.139. The van der Waals surface area contributed by atoms with Crippen LogP contribution < -0.4 is 0 Å². The van der Waals surface area contributed by atoms with Gasteiger partial charge in [0.25, 0.3) is 0 Å². The summed E-state index contributed by atoms with van der Waals surface area (Å²) in [6, 6.07) is 5.51. The monoisotopic (exact) mass is 308 g/mol. The fraction of sp³-hybridized carbons (Fsp3) is 0.143. The molecule has 22 heavy (non-hydrogen) atoms. The lowest BCUT2D eigenvalue weighted by Crippen LogP contribution is -2.15. The van der Waals surface area contributed by atoms with Gasteiger partial charge in [0.15, 0.2) is 0 Å². The molecule has 0 heterocycles. The Morgan fingerprint density at radius 2 is 1.50 bits per heavy atom. The minimum absolute atomic E-state index is 0.118. The fourth-order valence-corrected chi connectivity index (χ4v) is 1.39. The number of carboxylic acid groups (broad SMARTS) is 2. The number of carbonyl (C=O) groups excluding carboxylic acids is 2. The van der Waals surface area contributed by atoms with Crippen molar-refractivity contribution in [1.82, 2.24) is 0 Å². The summed E-state index contributed by atoms with van der Waals surface area (Å²) < 4.78 is 9.35. The average Bonchev–Trinajstić information content (AvgIpc) is 2.49. The number of hydrogen-bond donors (Lipinski definition) is 2. The van der Waals surface area contributed by atoms with Crippen LogP contribution in [0.1, 0.15) is 20.7 Å². The number of benzene rings is 1. The highest BCUT2D eigenvalue weighted by atomic mass is 16.6. The van der Waals surface area contributed by atoms with E-state index in [2.05, 4.69) is 4.74 Å². The molecule has 1 aromatic rings. The van der Waals surface area contributed by atoms with E-state index in [0.717, 1.165) is 0 Å². The van der Waals surface area contributed by atoms with Crippen LogP contribution in [0.3, 0.4) is 0 Å². The van der Waals surface area contributed by atoms with Gasteiger partial charge in [-0.25, -0.2) is 19.2 Å². The van der Waals surface area contributed by atoms with E-state index in [1.165, 1.54) is 24.3 Å². The molecule has 1 rings (SSSR count). The highest BCUT2D eigenvalue weighted by Gasteiger charge is 2.16. The molecular weight excluding hydrogens is 296 g/mol. The van der Waals surface area contributed by atoms with Crippen LogP contribution in [0.2, 0.25) is 0 Å². The Balaban J connectivity index is 2.46. The van der Waals surface area contributed by atoms with Crippen molar-refractivity contribution in [2.75, 3.05) is 13.2 Å². The number of esters is 2. The Kier molecular flexibility index (Phi) is 6.30. The van der Waals surface area contributed by atoms with Gasteiger partial charge < -0.3 is 19.7 Å². The minimum Gasteiger partial charge on any atom is -0.478 e. The molecule has 0 spiro atoms. The first kappa shape index (κ1) is 16.9. The normalized spacial score (nSPS) is 10.2. The quantitative estimate of drug-likeness (QED) is 0.428. The molecule has 116 valence electrons. The molecule has 0 saturated carbocycles. The predicted octanol–water partition coefficient (Wildman–Crippen LogP) is 0.726. The Bertz CT molecular complexity index is 617. The van der Waals surface area contributed by atoms with Crippen LogP contribution in [-0.4, -0.2) is 47.3 Å². The lowest BCUT2D eigenvalue weighted by Gasteiger charge is -2.07. The van der Waals surface area contributed by atoms with Crippen LogP contribution in [0, 0.1) is 0 Å². The van der Waals surface area contributed by atoms with Crippen molar-refractivity contribution in [3.8, 4) is 0 Å². The number of rotatable bonds is 7. The summed E-state index contributed by atoms with van der Waals surface area (Å²) in [5.74, 6) is -4.33. The van der Waals surface area contributed by atoms with Gasteiger partial charge in [-0.3, -0.25) is 0 Å². The van der Waals surface area contributed by atoms with Gasteiger partial charge in [-0.2, -0.15) is 0 Å². The Morgan fingerprint density at radius 3 is 2.09 bits per heavy atom. The predicted molar refractivity (Wildman–Crippen MR) is 71.4 cm³/mol. The first-order valence-corrected chi connectivity index (χ1v) is 5.99. The number of carbonyl (C=O) groups is 4. The third-order valence-electron chi connectivity index (χ3n) is 2.30. The largest absolute Gasteiger partial charge is 0.478 e. The van der Waals surface area contributed by atoms with Crippen LogP contribution in [0.25, 0.3) is 0 Å². The van der Waals surface area contributed by atoms with Gasteiger partial charge in [0.1, 0.15) is 13.2 Å². The Hall–Kier alpha value is -3.16. The topological polar surface area (TPSA) is 127 Å². The number of carboxylic acids is 2. The highest BCUT2D eigenvalue weighted by molar-refractivity contribution is 6.02. The molecular formula is C14H12O8. The molecule has 0 amide bonds. The molecule has 8 nitrogen and oxygen atoms in total. The van der Waals surface area contributed by atoms with Gasteiger partial charge in [0.05, 0.1) is 11.1 Å². The molecule has 8 heteroatoms. The maximum absolute atomic E-state index is 11.7. The zero-order valence-electron chi connectivity index (χ0n) is 11.2. The molecule has 0 fully saturated rings. The second kappa shape index (κ2) is 8.20. The zero-order valence-corrected chi connectivity index (χ0v) is 11.2. The van der Waals surface area contributed by atoms with Crippen LogP contribution >= 0.6 is 0 Å². The van der Waals surface area contributed by atoms with E-state index in [9.17, 15) is 19.2 Å². The van der Waals surface area contributed by atoms with Crippen LogP contribution in [0.15, 0.2) is 36.4 Å². The van der Waals surface area contributed by atoms with Crippen molar-refractivity contribution in [1.29, 1.82) is 0 Å². The third kappa shape index (κ3) is 5.45. The van der Waals surface area contributed by atoms with Crippen molar-refractivity contribution < 1.29 is 38.9 Å². The summed E-state index contributed by atoms with van der Waals surface area (Å²) in [4.78, 5) is 43.8. The van der Waals surface area contributed by atoms with Crippen LogP contribution in [0.4, 0.5) is 0 Å². The minimum atomic E-state index is -1.30. The maximum Gasteiger partial charge on any atom is 0.339 e. The van der Waals surface area contributed by atoms with Crippen LogP contribution in [0.5, 0.6) is 0 Å². The Labute approximate surface area is 124 Å². The Morgan fingerprint density at radius 1 is 0.909 bits per heavy atom. The van der Waals surface area contributed by atoms with E-state index in [4.69, 9.17) is 14.9 Å². The molecule has 0 atom stereocenters. The van der Waals surface area contributed by atoms with Gasteiger partial charge in [-0.1, -0.05) is 12.1 Å². The average molecular weight is 308 g/mol. The molecule has 0 radical (unpaired) electrons. The van der Waals surface area contributed by atoms with Gasteiger partial charge >= 0.3 is 23.9 Å². The van der Waals surface area contributed by atoms with Crippen molar-refractivity contribution in [2.24, 2.45) is 0 Å². The molecule has 0 saturated heterocycles. The summed E-state index contributed by atoms with van der Waals surface area (Å²) in [6.45, 7) is -0.580. The van der Waals surface area contributed by atoms with E-state index in [1.54, 1.807) is 0 Å². The van der Waals surface area contributed by atoms with E-state index in [-0.39, 0.29) is 24.3 Å². The molecule has 0 unspecified atom stereocenters. The van der Waals surface area contributed by atoms with E-state index >= 15 is 0 Å². The van der Waals surface area contributed by atoms with E-state index in [0.29, 0.717) is 12.2 Å². The SMILES string of the molecule is O=C(O)C=CC(=O)OCCOC(=O)c1ccccc1C(=O)O. The highest BCUT2D eigenvalue weighted by Crippen LogP contribution is 2.10. The number of hydrogen-bond acceptors (Lipinski definition) is 6. The number of ether oxygens (including phenoxy) is 2. The molecule has 0 aliphatic rings. The molecule has 0 aromatic heterocycles. The maximum atomic E-state index is 11.7. The summed E-state index contributed by atoms with van der Waals surface area (Å²) >= 11 is 0. The second-order valence-corrected chi connectivity index (χ2v) is 3.83.